The van der Waals surface area contributed by atoms with Crippen LogP contribution in [-0.4, -0.2) is 83.0 Å². The summed E-state index contributed by atoms with van der Waals surface area (Å²) in [5.41, 5.74) is 3.05. The number of carbonyl (C=O) groups is 4. The molecule has 6 aromatic rings. The Morgan fingerprint density at radius 3 is 0.812 bits per heavy atom. The number of amides is 4. The topological polar surface area (TPSA) is 99.7 Å². The lowest BCUT2D eigenvalue weighted by atomic mass is 9.91. The Labute approximate surface area is 379 Å². The van der Waals surface area contributed by atoms with Crippen molar-refractivity contribution in [2.45, 2.75) is 117 Å². The average Bonchev–Trinajstić information content (AvgIpc) is 3.25. The quantitative estimate of drug-likeness (QED) is 0.0753. The standard InChI is InChI=1S/C54H66N4O6/c1-53(2,3)63-51(61)57(9)35-47-41-27-19-15-23-37(41)45(38-24-16-20-28-42(38)47)33-55(7)49(59)31-13-11-12-14-32-50(60)56(8)34-46-39-25-17-21-29-43(39)48(44-30-22-18-26-40(44)46)36-58(10)52(62)64-54(4,5)6/h15-30H,11-14,31-36H2,1-10H3. The molecule has 0 bridgehead atoms. The molecular weight excluding hydrogens is 801 g/mol. The maximum atomic E-state index is 13.5. The first-order chi connectivity index (χ1) is 30.3. The molecule has 0 aromatic heterocycles. The minimum absolute atomic E-state index is 0.0830. The summed E-state index contributed by atoms with van der Waals surface area (Å²) in [5, 5.41) is 8.43. The van der Waals surface area contributed by atoms with E-state index in [0.29, 0.717) is 39.0 Å². The first-order valence-electron chi connectivity index (χ1n) is 22.5. The van der Waals surface area contributed by atoms with Gasteiger partial charge in [0.05, 0.1) is 0 Å². The van der Waals surface area contributed by atoms with Gasteiger partial charge in [0, 0.05) is 67.2 Å². The van der Waals surface area contributed by atoms with Gasteiger partial charge in [0.25, 0.3) is 0 Å². The number of hydrogen-bond acceptors (Lipinski definition) is 6. The third-order valence-electron chi connectivity index (χ3n) is 11.7. The number of carbonyl (C=O) groups excluding carboxylic acids is 4. The third-order valence-corrected chi connectivity index (χ3v) is 11.7. The minimum atomic E-state index is -0.596. The molecule has 0 fully saturated rings. The van der Waals surface area contributed by atoms with Gasteiger partial charge in [-0.15, -0.1) is 0 Å². The van der Waals surface area contributed by atoms with E-state index in [4.69, 9.17) is 9.47 Å². The van der Waals surface area contributed by atoms with Crippen LogP contribution in [0.5, 0.6) is 0 Å². The van der Waals surface area contributed by atoms with Gasteiger partial charge in [-0.1, -0.05) is 110 Å². The number of nitrogens with zero attached hydrogens (tertiary/aromatic N) is 4. The lowest BCUT2D eigenvalue weighted by molar-refractivity contribution is -0.131. The van der Waals surface area contributed by atoms with E-state index in [2.05, 4.69) is 48.5 Å². The fraction of sp³-hybridized carbons (Fsp3) is 0.407. The Hall–Kier alpha value is -6.16. The molecule has 64 heavy (non-hydrogen) atoms. The van der Waals surface area contributed by atoms with Gasteiger partial charge in [0.1, 0.15) is 11.2 Å². The lowest BCUT2D eigenvalue weighted by Crippen LogP contribution is -2.34. The molecule has 0 atom stereocenters. The highest BCUT2D eigenvalue weighted by Gasteiger charge is 2.25. The van der Waals surface area contributed by atoms with Gasteiger partial charge in [0.2, 0.25) is 11.8 Å². The van der Waals surface area contributed by atoms with Gasteiger partial charge in [0.15, 0.2) is 0 Å². The predicted octanol–water partition coefficient (Wildman–Crippen LogP) is 12.0. The molecule has 4 amide bonds. The van der Waals surface area contributed by atoms with Crippen LogP contribution >= 0.6 is 0 Å². The van der Waals surface area contributed by atoms with Crippen molar-refractivity contribution < 1.29 is 28.7 Å². The summed E-state index contributed by atoms with van der Waals surface area (Å²) in [6.07, 6.45) is 3.33. The molecule has 6 rings (SSSR count). The molecule has 0 spiro atoms. The molecule has 0 heterocycles. The maximum Gasteiger partial charge on any atom is 0.410 e. The Morgan fingerprint density at radius 2 is 0.594 bits per heavy atom. The second kappa shape index (κ2) is 20.1. The molecule has 0 saturated carbocycles. The van der Waals surface area contributed by atoms with Crippen molar-refractivity contribution in [3.63, 3.8) is 0 Å². The summed E-state index contributed by atoms with van der Waals surface area (Å²) in [5.74, 6) is 0.166. The van der Waals surface area contributed by atoms with Gasteiger partial charge in [-0.2, -0.15) is 0 Å². The van der Waals surface area contributed by atoms with Crippen LogP contribution in [0.2, 0.25) is 0 Å². The van der Waals surface area contributed by atoms with Crippen LogP contribution in [0.4, 0.5) is 9.59 Å². The first-order valence-corrected chi connectivity index (χ1v) is 22.5. The van der Waals surface area contributed by atoms with Crippen molar-refractivity contribution in [1.82, 2.24) is 19.6 Å². The highest BCUT2D eigenvalue weighted by Crippen LogP contribution is 2.36. The molecular formula is C54H66N4O6. The zero-order chi connectivity index (χ0) is 46.3. The molecule has 10 nitrogen and oxygen atoms in total. The van der Waals surface area contributed by atoms with Crippen LogP contribution in [0, 0.1) is 0 Å². The molecule has 0 saturated heterocycles. The van der Waals surface area contributed by atoms with Gasteiger partial charge < -0.3 is 29.1 Å². The van der Waals surface area contributed by atoms with Crippen LogP contribution in [0.3, 0.4) is 0 Å². The molecule has 10 heteroatoms. The summed E-state index contributed by atoms with van der Waals surface area (Å²) in [7, 11) is 7.26. The highest BCUT2D eigenvalue weighted by molar-refractivity contribution is 6.07. The first kappa shape index (κ1) is 47.3. The van der Waals surface area contributed by atoms with E-state index in [1.807, 2.05) is 114 Å². The van der Waals surface area contributed by atoms with Crippen LogP contribution in [0.15, 0.2) is 97.1 Å². The Kier molecular flexibility index (Phi) is 14.9. The average molecular weight is 867 g/mol. The van der Waals surface area contributed by atoms with Gasteiger partial charge in [-0.25, -0.2) is 9.59 Å². The molecule has 338 valence electrons. The zero-order valence-corrected chi connectivity index (χ0v) is 39.5. The summed E-state index contributed by atoms with van der Waals surface area (Å²) >= 11 is 0. The largest absolute Gasteiger partial charge is 0.444 e. The Bertz CT molecular complexity index is 2360. The highest BCUT2D eigenvalue weighted by atomic mass is 16.6. The normalized spacial score (nSPS) is 11.8. The summed E-state index contributed by atoms with van der Waals surface area (Å²) in [6, 6.07) is 32.9. The smallest absolute Gasteiger partial charge is 0.410 e. The lowest BCUT2D eigenvalue weighted by Gasteiger charge is -2.26. The van der Waals surface area contributed by atoms with Crippen molar-refractivity contribution in [1.29, 1.82) is 0 Å². The van der Waals surface area contributed by atoms with Gasteiger partial charge in [-0.3, -0.25) is 9.59 Å². The van der Waals surface area contributed by atoms with E-state index in [1.54, 1.807) is 23.9 Å². The van der Waals surface area contributed by atoms with Crippen LogP contribution in [-0.2, 0) is 45.2 Å². The molecule has 0 N–H and O–H groups in total. The molecule has 0 aliphatic heterocycles. The number of benzene rings is 6. The SMILES string of the molecule is CN(Cc1c2ccccc2c(CN(C)C(=O)OC(C)(C)C)c2ccccc12)C(=O)CCCCCCC(=O)N(C)Cc1c2ccccc2c(CN(C)C(=O)OC(C)(C)C)c2ccccc12. The minimum Gasteiger partial charge on any atom is -0.444 e. The Balaban J connectivity index is 1.04. The number of fused-ring (bicyclic) bond motifs is 4. The molecule has 0 aliphatic rings. The van der Waals surface area contributed by atoms with Crippen LogP contribution < -0.4 is 0 Å². The zero-order valence-electron chi connectivity index (χ0n) is 39.5. The molecule has 0 radical (unpaired) electrons. The third kappa shape index (κ3) is 11.5. The predicted molar refractivity (Wildman–Crippen MR) is 259 cm³/mol. The monoisotopic (exact) mass is 866 g/mol. The van der Waals surface area contributed by atoms with Crippen molar-refractivity contribution in [3.8, 4) is 0 Å². The maximum absolute atomic E-state index is 13.5. The van der Waals surface area contributed by atoms with E-state index in [0.717, 1.165) is 91.0 Å². The fourth-order valence-corrected chi connectivity index (χ4v) is 8.52. The molecule has 6 aromatic carbocycles. The number of hydrogen-bond donors (Lipinski definition) is 0. The van der Waals surface area contributed by atoms with Gasteiger partial charge >= 0.3 is 12.2 Å². The van der Waals surface area contributed by atoms with Crippen molar-refractivity contribution in [3.05, 3.63) is 119 Å². The van der Waals surface area contributed by atoms with Gasteiger partial charge in [-0.05, 0) is 120 Å². The fourth-order valence-electron chi connectivity index (χ4n) is 8.52. The number of unbranched alkanes of at least 4 members (excludes halogenated alkanes) is 3. The second-order valence-corrected chi connectivity index (χ2v) is 19.2. The van der Waals surface area contributed by atoms with E-state index >= 15 is 0 Å². The number of rotatable bonds is 15. The van der Waals surface area contributed by atoms with Crippen LogP contribution in [0.25, 0.3) is 43.1 Å². The summed E-state index contributed by atoms with van der Waals surface area (Å²) < 4.78 is 11.3. The van der Waals surface area contributed by atoms with Crippen molar-refractivity contribution in [2.75, 3.05) is 28.2 Å². The van der Waals surface area contributed by atoms with E-state index in [1.165, 1.54) is 0 Å². The molecule has 0 aliphatic carbocycles. The van der Waals surface area contributed by atoms with E-state index in [9.17, 15) is 19.2 Å². The number of ether oxygens (including phenoxy) is 2. The Morgan fingerprint density at radius 1 is 0.375 bits per heavy atom. The summed E-state index contributed by atoms with van der Waals surface area (Å²) in [4.78, 5) is 59.9. The van der Waals surface area contributed by atoms with E-state index in [-0.39, 0.29) is 24.0 Å². The van der Waals surface area contributed by atoms with Crippen molar-refractivity contribution >= 4 is 67.1 Å². The van der Waals surface area contributed by atoms with Crippen molar-refractivity contribution in [2.24, 2.45) is 0 Å². The van der Waals surface area contributed by atoms with Crippen LogP contribution in [0.1, 0.15) is 102 Å². The van der Waals surface area contributed by atoms with E-state index < -0.39 is 11.2 Å². The molecule has 0 unspecified atom stereocenters. The summed E-state index contributed by atoms with van der Waals surface area (Å²) in [6.45, 7) is 12.9. The second-order valence-electron chi connectivity index (χ2n) is 19.2.